The smallest absolute Gasteiger partial charge is 0.224 e. The summed E-state index contributed by atoms with van der Waals surface area (Å²) in [5, 5.41) is 3.26. The first-order valence-corrected chi connectivity index (χ1v) is 6.20. The van der Waals surface area contributed by atoms with Gasteiger partial charge in [-0.3, -0.25) is 4.79 Å². The van der Waals surface area contributed by atoms with Gasteiger partial charge >= 0.3 is 0 Å². The Morgan fingerprint density at radius 3 is 2.56 bits per heavy atom. The number of amides is 1. The molecule has 0 aromatic carbocycles. The van der Waals surface area contributed by atoms with Gasteiger partial charge in [0.2, 0.25) is 5.91 Å². The predicted octanol–water partition coefficient (Wildman–Crippen LogP) is 1.01. The Labute approximate surface area is 98.3 Å². The van der Waals surface area contributed by atoms with E-state index in [-0.39, 0.29) is 12.0 Å². The molecule has 16 heavy (non-hydrogen) atoms. The fourth-order valence-corrected chi connectivity index (χ4v) is 1.96. The lowest BCUT2D eigenvalue weighted by atomic mass is 10.1. The molecule has 0 aromatic heterocycles. The molecule has 1 fully saturated rings. The Kier molecular flexibility index (Phi) is 5.77. The molecule has 94 valence electrons. The van der Waals surface area contributed by atoms with Crippen molar-refractivity contribution in [3.05, 3.63) is 0 Å². The van der Waals surface area contributed by atoms with Gasteiger partial charge in [0.1, 0.15) is 0 Å². The van der Waals surface area contributed by atoms with Crippen molar-refractivity contribution in [3.63, 3.8) is 0 Å². The van der Waals surface area contributed by atoms with Crippen LogP contribution >= 0.6 is 0 Å². The van der Waals surface area contributed by atoms with Crippen LogP contribution in [0.5, 0.6) is 0 Å². The lowest BCUT2D eigenvalue weighted by Crippen LogP contribution is -2.44. The standard InChI is InChI=1S/C12H24N2O2/c1-10(2)16-9-6-12(15)14-7-4-11(13-3)5-8-14/h10-11,13H,4-9H2,1-3H3. The molecule has 4 heteroatoms. The molecule has 0 radical (unpaired) electrons. The van der Waals surface area contributed by atoms with E-state index in [1.807, 2.05) is 25.8 Å². The first-order chi connectivity index (χ1) is 7.63. The van der Waals surface area contributed by atoms with Crippen LogP contribution in [0.2, 0.25) is 0 Å². The molecule has 1 rings (SSSR count). The maximum Gasteiger partial charge on any atom is 0.224 e. The van der Waals surface area contributed by atoms with Gasteiger partial charge in [0.15, 0.2) is 0 Å². The topological polar surface area (TPSA) is 41.6 Å². The number of piperidine rings is 1. The number of nitrogens with one attached hydrogen (secondary N) is 1. The van der Waals surface area contributed by atoms with Crippen LogP contribution < -0.4 is 5.32 Å². The highest BCUT2D eigenvalue weighted by molar-refractivity contribution is 5.76. The summed E-state index contributed by atoms with van der Waals surface area (Å²) in [6, 6.07) is 0.580. The second kappa shape index (κ2) is 6.86. The molecule has 0 bridgehead atoms. The molecule has 0 aliphatic carbocycles. The van der Waals surface area contributed by atoms with E-state index in [9.17, 15) is 4.79 Å². The Hall–Kier alpha value is -0.610. The van der Waals surface area contributed by atoms with Crippen LogP contribution in [0, 0.1) is 0 Å². The molecule has 1 saturated heterocycles. The van der Waals surface area contributed by atoms with E-state index in [4.69, 9.17) is 4.74 Å². The number of carbonyl (C=O) groups excluding carboxylic acids is 1. The molecule has 0 spiro atoms. The van der Waals surface area contributed by atoms with Crippen LogP contribution in [0.4, 0.5) is 0 Å². The van der Waals surface area contributed by atoms with Crippen LogP contribution in [0.1, 0.15) is 33.1 Å². The fraction of sp³-hybridized carbons (Fsp3) is 0.917. The zero-order valence-corrected chi connectivity index (χ0v) is 10.7. The molecule has 4 nitrogen and oxygen atoms in total. The number of likely N-dealkylation sites (tertiary alicyclic amines) is 1. The van der Waals surface area contributed by atoms with Crippen LogP contribution in [0.25, 0.3) is 0 Å². The Morgan fingerprint density at radius 2 is 2.06 bits per heavy atom. The van der Waals surface area contributed by atoms with Crippen molar-refractivity contribution >= 4 is 5.91 Å². The summed E-state index contributed by atoms with van der Waals surface area (Å²) in [4.78, 5) is 13.8. The first-order valence-electron chi connectivity index (χ1n) is 6.20. The number of rotatable bonds is 5. The number of nitrogens with zero attached hydrogens (tertiary/aromatic N) is 1. The first kappa shape index (κ1) is 13.5. The van der Waals surface area contributed by atoms with Gasteiger partial charge in [-0.2, -0.15) is 0 Å². The average molecular weight is 228 g/mol. The van der Waals surface area contributed by atoms with Gasteiger partial charge in [-0.1, -0.05) is 0 Å². The average Bonchev–Trinajstić information content (AvgIpc) is 2.28. The largest absolute Gasteiger partial charge is 0.378 e. The van der Waals surface area contributed by atoms with Crippen molar-refractivity contribution in [1.82, 2.24) is 10.2 Å². The van der Waals surface area contributed by atoms with Crippen LogP contribution in [-0.4, -0.2) is 49.7 Å². The van der Waals surface area contributed by atoms with Crippen molar-refractivity contribution < 1.29 is 9.53 Å². The molecule has 1 aliphatic rings. The second-order valence-electron chi connectivity index (χ2n) is 4.61. The third kappa shape index (κ3) is 4.49. The third-order valence-corrected chi connectivity index (χ3v) is 3.02. The Morgan fingerprint density at radius 1 is 1.44 bits per heavy atom. The van der Waals surface area contributed by atoms with E-state index >= 15 is 0 Å². The molecular weight excluding hydrogens is 204 g/mol. The predicted molar refractivity (Wildman–Crippen MR) is 64.4 cm³/mol. The van der Waals surface area contributed by atoms with E-state index in [2.05, 4.69) is 5.32 Å². The van der Waals surface area contributed by atoms with E-state index in [1.165, 1.54) is 0 Å². The minimum Gasteiger partial charge on any atom is -0.378 e. The molecule has 1 N–H and O–H groups in total. The normalized spacial score (nSPS) is 18.1. The van der Waals surface area contributed by atoms with Crippen LogP contribution in [-0.2, 0) is 9.53 Å². The highest BCUT2D eigenvalue weighted by Crippen LogP contribution is 2.11. The van der Waals surface area contributed by atoms with Crippen molar-refractivity contribution in [2.45, 2.75) is 45.3 Å². The van der Waals surface area contributed by atoms with E-state index in [1.54, 1.807) is 0 Å². The fourth-order valence-electron chi connectivity index (χ4n) is 1.96. The Bertz CT molecular complexity index is 211. The van der Waals surface area contributed by atoms with Gasteiger partial charge in [0.05, 0.1) is 19.1 Å². The zero-order valence-electron chi connectivity index (χ0n) is 10.7. The lowest BCUT2D eigenvalue weighted by molar-refractivity contribution is -0.133. The van der Waals surface area contributed by atoms with Crippen molar-refractivity contribution in [2.75, 3.05) is 26.7 Å². The minimum absolute atomic E-state index is 0.211. The third-order valence-electron chi connectivity index (χ3n) is 3.02. The van der Waals surface area contributed by atoms with E-state index in [0.717, 1.165) is 25.9 Å². The molecule has 1 amide bonds. The van der Waals surface area contributed by atoms with Crippen molar-refractivity contribution in [3.8, 4) is 0 Å². The summed E-state index contributed by atoms with van der Waals surface area (Å²) in [5.74, 6) is 0.232. The molecule has 1 heterocycles. The van der Waals surface area contributed by atoms with Gasteiger partial charge in [-0.25, -0.2) is 0 Å². The van der Waals surface area contributed by atoms with Crippen molar-refractivity contribution in [2.24, 2.45) is 0 Å². The molecule has 1 aliphatic heterocycles. The van der Waals surface area contributed by atoms with Gasteiger partial charge in [-0.05, 0) is 33.7 Å². The molecule has 0 unspecified atom stereocenters. The van der Waals surface area contributed by atoms with Gasteiger partial charge in [0.25, 0.3) is 0 Å². The summed E-state index contributed by atoms with van der Waals surface area (Å²) in [6.45, 7) is 6.28. The number of carbonyl (C=O) groups is 1. The maximum atomic E-state index is 11.8. The summed E-state index contributed by atoms with van der Waals surface area (Å²) < 4.78 is 5.39. The number of ether oxygens (including phenoxy) is 1. The minimum atomic E-state index is 0.211. The summed E-state index contributed by atoms with van der Waals surface area (Å²) in [6.07, 6.45) is 2.85. The van der Waals surface area contributed by atoms with Crippen molar-refractivity contribution in [1.29, 1.82) is 0 Å². The highest BCUT2D eigenvalue weighted by Gasteiger charge is 2.21. The highest BCUT2D eigenvalue weighted by atomic mass is 16.5. The molecule has 0 saturated carbocycles. The van der Waals surface area contributed by atoms with Crippen LogP contribution in [0.15, 0.2) is 0 Å². The molecule has 0 atom stereocenters. The van der Waals surface area contributed by atoms with E-state index in [0.29, 0.717) is 19.1 Å². The monoisotopic (exact) mass is 228 g/mol. The summed E-state index contributed by atoms with van der Waals surface area (Å²) >= 11 is 0. The van der Waals surface area contributed by atoms with Gasteiger partial charge < -0.3 is 15.0 Å². The quantitative estimate of drug-likeness (QED) is 0.763. The summed E-state index contributed by atoms with van der Waals surface area (Å²) in [5.41, 5.74) is 0. The Balaban J connectivity index is 2.18. The SMILES string of the molecule is CNC1CCN(C(=O)CCOC(C)C)CC1. The zero-order chi connectivity index (χ0) is 12.0. The number of hydrogen-bond donors (Lipinski definition) is 1. The maximum absolute atomic E-state index is 11.8. The van der Waals surface area contributed by atoms with Gasteiger partial charge in [-0.15, -0.1) is 0 Å². The lowest BCUT2D eigenvalue weighted by Gasteiger charge is -2.31. The second-order valence-corrected chi connectivity index (χ2v) is 4.61. The van der Waals surface area contributed by atoms with E-state index < -0.39 is 0 Å². The van der Waals surface area contributed by atoms with Crippen LogP contribution in [0.3, 0.4) is 0 Å². The van der Waals surface area contributed by atoms with Gasteiger partial charge in [0, 0.05) is 19.1 Å². The molecule has 0 aromatic rings. The summed E-state index contributed by atoms with van der Waals surface area (Å²) in [7, 11) is 1.98. The molecular formula is C12H24N2O2. The number of hydrogen-bond acceptors (Lipinski definition) is 3.